The van der Waals surface area contributed by atoms with Gasteiger partial charge in [0, 0.05) is 0 Å². The molecule has 28 heavy (non-hydrogen) atoms. The summed E-state index contributed by atoms with van der Waals surface area (Å²) in [7, 11) is 0. The molecule has 0 aromatic rings. The Bertz CT molecular complexity index is 521. The number of carboxylic acid groups (broad SMARTS) is 2. The summed E-state index contributed by atoms with van der Waals surface area (Å²) in [6, 6.07) is 0. The van der Waals surface area contributed by atoms with Crippen molar-refractivity contribution in [1.82, 2.24) is 0 Å². The number of aliphatic carboxylic acids is 2. The summed E-state index contributed by atoms with van der Waals surface area (Å²) in [5, 5.41) is 15.7. The van der Waals surface area contributed by atoms with Crippen LogP contribution in [0.3, 0.4) is 0 Å². The summed E-state index contributed by atoms with van der Waals surface area (Å²) in [5.74, 6) is -21.2. The third-order valence-corrected chi connectivity index (χ3v) is 2.16. The lowest BCUT2D eigenvalue weighted by atomic mass is 10.3. The van der Waals surface area contributed by atoms with E-state index in [1.54, 1.807) is 9.47 Å². The first-order chi connectivity index (χ1) is 11.1. The number of rotatable bonds is 7. The Morgan fingerprint density at radius 2 is 0.714 bits per heavy atom. The van der Waals surface area contributed by atoms with Crippen LogP contribution in [0.2, 0.25) is 0 Å². The Labute approximate surface area is 141 Å². The molecule has 0 radical (unpaired) electrons. The first kappa shape index (κ1) is 30.6. The second kappa shape index (κ2) is 8.09. The van der Waals surface area contributed by atoms with E-state index < -0.39 is 48.2 Å². The lowest BCUT2D eigenvalue weighted by molar-refractivity contribution is -0.512. The second-order valence-corrected chi connectivity index (χ2v) is 4.03. The summed E-state index contributed by atoms with van der Waals surface area (Å²) < 4.78 is 154. The number of carboxylic acids is 2. The van der Waals surface area contributed by atoms with Crippen molar-refractivity contribution < 1.29 is 91.4 Å². The molecule has 0 aliphatic heterocycles. The molecule has 0 aliphatic rings. The minimum Gasteiger partial charge on any atom is -0.477 e. The molecule has 2 atom stereocenters. The zero-order chi connectivity index (χ0) is 21.6. The van der Waals surface area contributed by atoms with Crippen LogP contribution in [0.1, 0.15) is 0 Å². The molecule has 0 rings (SSSR count). The zero-order valence-corrected chi connectivity index (χ0v) is 11.9. The Balaban J connectivity index is -0.00000312. The second-order valence-electron chi connectivity index (χ2n) is 4.03. The van der Waals surface area contributed by atoms with Crippen LogP contribution >= 0.6 is 0 Å². The van der Waals surface area contributed by atoms with Gasteiger partial charge in [-0.25, -0.2) is 9.59 Å². The number of halogens is 14. The van der Waals surface area contributed by atoms with Crippen LogP contribution in [0, 0.1) is 0 Å². The van der Waals surface area contributed by atoms with Crippen LogP contribution in [0.5, 0.6) is 0 Å². The number of ether oxygens (including phenoxy) is 2. The highest BCUT2D eigenvalue weighted by atomic mass is 19.4. The van der Waals surface area contributed by atoms with E-state index in [1.807, 2.05) is 0 Å². The lowest BCUT2D eigenvalue weighted by Gasteiger charge is -2.34. The summed E-state index contributed by atoms with van der Waals surface area (Å²) in [6.07, 6.45) is -28.5. The highest BCUT2D eigenvalue weighted by molar-refractivity contribution is 5.77. The fourth-order valence-corrected chi connectivity index (χ4v) is 0.918. The third kappa shape index (κ3) is 5.23. The predicted molar refractivity (Wildman–Crippen MR) is 52.1 cm³/mol. The van der Waals surface area contributed by atoms with Crippen molar-refractivity contribution in [3.8, 4) is 0 Å². The highest BCUT2D eigenvalue weighted by Gasteiger charge is 2.78. The molecule has 2 N–H and O–H groups in total. The molecule has 0 aromatic carbocycles. The molecule has 6 nitrogen and oxygen atoms in total. The number of carbonyl (C=O) groups is 2. The SMILES string of the molecule is F.F.O=C(O)C(F)(OC(F)(F)C(F)(F)OC(F)(C(=O)O)C(F)(F)F)C(F)(F)F. The summed E-state index contributed by atoms with van der Waals surface area (Å²) >= 11 is 0. The van der Waals surface area contributed by atoms with Gasteiger partial charge < -0.3 is 10.2 Å². The van der Waals surface area contributed by atoms with E-state index in [0.29, 0.717) is 0 Å². The van der Waals surface area contributed by atoms with Crippen molar-refractivity contribution in [2.75, 3.05) is 0 Å². The van der Waals surface area contributed by atoms with Crippen LogP contribution in [0.25, 0.3) is 0 Å². The van der Waals surface area contributed by atoms with Gasteiger partial charge in [0.1, 0.15) is 0 Å². The normalized spacial score (nSPS) is 17.4. The first-order valence-corrected chi connectivity index (χ1v) is 5.19. The average Bonchev–Trinajstić information content (AvgIpc) is 2.33. The Morgan fingerprint density at radius 3 is 0.821 bits per heavy atom. The van der Waals surface area contributed by atoms with E-state index in [-0.39, 0.29) is 9.41 Å². The van der Waals surface area contributed by atoms with E-state index in [0.717, 1.165) is 0 Å². The van der Waals surface area contributed by atoms with E-state index >= 15 is 0 Å². The van der Waals surface area contributed by atoms with Crippen molar-refractivity contribution in [2.45, 2.75) is 36.3 Å². The summed E-state index contributed by atoms with van der Waals surface area (Å²) in [4.78, 5) is 20.1. The van der Waals surface area contributed by atoms with Gasteiger partial charge in [-0.2, -0.15) is 52.7 Å². The largest absolute Gasteiger partial charge is 0.477 e. The molecule has 0 saturated carbocycles. The van der Waals surface area contributed by atoms with Gasteiger partial charge in [0.25, 0.3) is 0 Å². The first-order valence-electron chi connectivity index (χ1n) is 5.19. The van der Waals surface area contributed by atoms with Crippen LogP contribution in [-0.4, -0.2) is 58.4 Å². The van der Waals surface area contributed by atoms with Crippen molar-refractivity contribution in [3.05, 3.63) is 0 Å². The van der Waals surface area contributed by atoms with Gasteiger partial charge in [0.05, 0.1) is 0 Å². The molecule has 0 aromatic heterocycles. The van der Waals surface area contributed by atoms with Crippen LogP contribution in [0.4, 0.5) is 62.1 Å². The average molecular weight is 462 g/mol. The van der Waals surface area contributed by atoms with Crippen LogP contribution in [-0.2, 0) is 19.1 Å². The molecule has 0 heterocycles. The topological polar surface area (TPSA) is 93.1 Å². The minimum atomic E-state index is -7.26. The van der Waals surface area contributed by atoms with Crippen LogP contribution < -0.4 is 0 Å². The van der Waals surface area contributed by atoms with Crippen molar-refractivity contribution in [1.29, 1.82) is 0 Å². The molecule has 0 bridgehead atoms. The van der Waals surface area contributed by atoms with Crippen molar-refractivity contribution in [2.24, 2.45) is 0 Å². The minimum absolute atomic E-state index is 0. The van der Waals surface area contributed by atoms with Gasteiger partial charge in [-0.05, 0) is 0 Å². The van der Waals surface area contributed by atoms with Crippen molar-refractivity contribution in [3.63, 3.8) is 0 Å². The molecule has 170 valence electrons. The fourth-order valence-electron chi connectivity index (χ4n) is 0.918. The number of hydrogen-bond acceptors (Lipinski definition) is 4. The van der Waals surface area contributed by atoms with Gasteiger partial charge in [0.15, 0.2) is 0 Å². The predicted octanol–water partition coefficient (Wildman–Crippen LogP) is 3.14. The lowest BCUT2D eigenvalue weighted by Crippen LogP contribution is -2.62. The van der Waals surface area contributed by atoms with E-state index in [2.05, 4.69) is 0 Å². The monoisotopic (exact) mass is 462 g/mol. The Morgan fingerprint density at radius 1 is 0.536 bits per heavy atom. The maximum atomic E-state index is 13.0. The van der Waals surface area contributed by atoms with E-state index in [4.69, 9.17) is 10.2 Å². The summed E-state index contributed by atoms with van der Waals surface area (Å²) in [6.45, 7) is 0. The number of alkyl halides is 12. The zero-order valence-electron chi connectivity index (χ0n) is 11.9. The maximum Gasteiger partial charge on any atom is 0.460 e. The molecule has 0 aliphatic carbocycles. The molecule has 0 saturated heterocycles. The summed E-state index contributed by atoms with van der Waals surface area (Å²) in [5.41, 5.74) is 0. The highest BCUT2D eigenvalue weighted by Crippen LogP contribution is 2.49. The molecule has 0 amide bonds. The van der Waals surface area contributed by atoms with Gasteiger partial charge >= 0.3 is 48.2 Å². The maximum absolute atomic E-state index is 13.0. The molecule has 0 spiro atoms. The van der Waals surface area contributed by atoms with E-state index in [1.165, 1.54) is 0 Å². The smallest absolute Gasteiger partial charge is 0.460 e. The molecule has 0 fully saturated rings. The molecular weight excluding hydrogens is 458 g/mol. The van der Waals surface area contributed by atoms with Crippen LogP contribution in [0.15, 0.2) is 0 Å². The van der Waals surface area contributed by atoms with E-state index in [9.17, 15) is 62.3 Å². The van der Waals surface area contributed by atoms with Gasteiger partial charge in [0.2, 0.25) is 0 Å². The van der Waals surface area contributed by atoms with Gasteiger partial charge in [-0.3, -0.25) is 18.9 Å². The fraction of sp³-hybridized carbons (Fsp3) is 0.750. The molecular formula is C8H4F14O6. The standard InChI is InChI=1S/C8H2F12O6.2FH/c9-3(1(21)22,5(11,12)13)25-7(17,18)8(19,20)26-4(10,2(23)24)6(14,15)16;;/h(H,21,22)(H,23,24);2*1H. The number of hydrogen-bond donors (Lipinski definition) is 2. The molecule has 2 unspecified atom stereocenters. The van der Waals surface area contributed by atoms with Gasteiger partial charge in [-0.15, -0.1) is 0 Å². The van der Waals surface area contributed by atoms with Crippen molar-refractivity contribution >= 4 is 11.9 Å². The molecule has 20 heteroatoms. The third-order valence-electron chi connectivity index (χ3n) is 2.16. The Kier molecular flexibility index (Phi) is 8.84. The van der Waals surface area contributed by atoms with Gasteiger partial charge in [-0.1, -0.05) is 0 Å². The Hall–Kier alpha value is -2.12. The quantitative estimate of drug-likeness (QED) is 0.566.